The van der Waals surface area contributed by atoms with Crippen LogP contribution in [0.1, 0.15) is 30.9 Å². The summed E-state index contributed by atoms with van der Waals surface area (Å²) in [7, 11) is 0. The van der Waals surface area contributed by atoms with Crippen LogP contribution in [0.2, 0.25) is 0 Å². The predicted molar refractivity (Wildman–Crippen MR) is 99.1 cm³/mol. The van der Waals surface area contributed by atoms with Crippen LogP contribution >= 0.6 is 0 Å². The summed E-state index contributed by atoms with van der Waals surface area (Å²) in [4.78, 5) is 8.47. The Labute approximate surface area is 138 Å². The van der Waals surface area contributed by atoms with Crippen LogP contribution in [0.15, 0.2) is 82.9 Å². The minimum absolute atomic E-state index is 0.280. The Morgan fingerprint density at radius 2 is 1.52 bits per heavy atom. The van der Waals surface area contributed by atoms with E-state index in [9.17, 15) is 0 Å². The van der Waals surface area contributed by atoms with Crippen LogP contribution in [0.25, 0.3) is 0 Å². The number of hydrogen-bond donors (Lipinski definition) is 1. The van der Waals surface area contributed by atoms with Crippen LogP contribution in [0.5, 0.6) is 0 Å². The highest BCUT2D eigenvalue weighted by molar-refractivity contribution is 5.87. The summed E-state index contributed by atoms with van der Waals surface area (Å²) in [6.45, 7) is 8.24. The quantitative estimate of drug-likeness (QED) is 0.623. The molecule has 2 rings (SSSR count). The number of benzene rings is 2. The Kier molecular flexibility index (Phi) is 6.30. The lowest BCUT2D eigenvalue weighted by Gasteiger charge is -2.17. The van der Waals surface area contributed by atoms with E-state index in [0.717, 1.165) is 12.2 Å². The second-order valence-corrected chi connectivity index (χ2v) is 5.43. The van der Waals surface area contributed by atoms with Gasteiger partial charge in [0.2, 0.25) is 0 Å². The zero-order valence-corrected chi connectivity index (χ0v) is 13.7. The van der Waals surface area contributed by atoms with Crippen molar-refractivity contribution in [3.8, 4) is 0 Å². The molecular weight excluding hydrogens is 282 g/mol. The second-order valence-electron chi connectivity index (χ2n) is 5.43. The van der Waals surface area contributed by atoms with Crippen molar-refractivity contribution in [3.63, 3.8) is 0 Å². The summed E-state index contributed by atoms with van der Waals surface area (Å²) in [6.07, 6.45) is 1.71. The number of nitrogens with one attached hydrogen (secondary N) is 1. The van der Waals surface area contributed by atoms with Crippen molar-refractivity contribution >= 4 is 12.2 Å². The summed E-state index contributed by atoms with van der Waals surface area (Å²) < 4.78 is 0. The molecule has 0 bridgehead atoms. The first kappa shape index (κ1) is 16.7. The van der Waals surface area contributed by atoms with Crippen LogP contribution in [0, 0.1) is 0 Å². The number of hydrogen-bond acceptors (Lipinski definition) is 1. The molecule has 0 unspecified atom stereocenters. The summed E-state index contributed by atoms with van der Waals surface area (Å²) in [6, 6.07) is 21.0. The van der Waals surface area contributed by atoms with E-state index in [1.807, 2.05) is 26.0 Å². The molecular formula is C20H23N3. The van der Waals surface area contributed by atoms with Crippen LogP contribution in [-0.4, -0.2) is 18.7 Å². The van der Waals surface area contributed by atoms with E-state index >= 15 is 0 Å². The predicted octanol–water partition coefficient (Wildman–Crippen LogP) is 4.39. The normalized spacial score (nSPS) is 11.9. The minimum atomic E-state index is 0.280. The Balaban J connectivity index is 2.08. The Morgan fingerprint density at radius 1 is 1.00 bits per heavy atom. The maximum Gasteiger partial charge on any atom is 0.127 e. The third-order valence-electron chi connectivity index (χ3n) is 3.42. The smallest absolute Gasteiger partial charge is 0.127 e. The first-order valence-electron chi connectivity index (χ1n) is 7.73. The molecule has 118 valence electrons. The Morgan fingerprint density at radius 3 is 2.00 bits per heavy atom. The Hall–Kier alpha value is -2.68. The number of allylic oxidation sites excluding steroid dienone is 1. The van der Waals surface area contributed by atoms with Crippen LogP contribution in [0.3, 0.4) is 0 Å². The molecule has 0 heterocycles. The molecule has 0 spiro atoms. The summed E-state index contributed by atoms with van der Waals surface area (Å²) >= 11 is 0. The van der Waals surface area contributed by atoms with Gasteiger partial charge in [-0.05, 0) is 25.0 Å². The van der Waals surface area contributed by atoms with Crippen molar-refractivity contribution in [1.82, 2.24) is 5.32 Å². The van der Waals surface area contributed by atoms with Gasteiger partial charge in [0.25, 0.3) is 0 Å². The minimum Gasteiger partial charge on any atom is -0.375 e. The number of amidine groups is 1. The first-order valence-corrected chi connectivity index (χ1v) is 7.73. The van der Waals surface area contributed by atoms with E-state index in [-0.39, 0.29) is 5.92 Å². The summed E-state index contributed by atoms with van der Waals surface area (Å²) in [5.74, 6) is 0.975. The fourth-order valence-electron chi connectivity index (χ4n) is 2.41. The van der Waals surface area contributed by atoms with Crippen molar-refractivity contribution in [1.29, 1.82) is 0 Å². The molecule has 2 aromatic rings. The monoisotopic (exact) mass is 305 g/mol. The number of nitrogens with zero attached hydrogens (tertiary/aromatic N) is 2. The molecule has 3 nitrogen and oxygen atoms in total. The van der Waals surface area contributed by atoms with Crippen LogP contribution in [-0.2, 0) is 0 Å². The largest absolute Gasteiger partial charge is 0.375 e. The van der Waals surface area contributed by atoms with Gasteiger partial charge in [-0.3, -0.25) is 0 Å². The fourth-order valence-corrected chi connectivity index (χ4v) is 2.41. The number of aliphatic imine (C=N–C) groups is 2. The van der Waals surface area contributed by atoms with Crippen LogP contribution < -0.4 is 5.32 Å². The summed E-state index contributed by atoms with van der Waals surface area (Å²) in [5, 5.41) is 3.28. The van der Waals surface area contributed by atoms with Crippen molar-refractivity contribution in [2.24, 2.45) is 9.98 Å². The Bertz CT molecular complexity index is 633. The van der Waals surface area contributed by atoms with E-state index in [0.29, 0.717) is 5.84 Å². The SMILES string of the molecule is C=C(C)/N=C(C)\N=C\NCC(c1ccccc1)c1ccccc1. The average molecular weight is 305 g/mol. The van der Waals surface area contributed by atoms with Gasteiger partial charge in [0.15, 0.2) is 0 Å². The van der Waals surface area contributed by atoms with Gasteiger partial charge in [0.05, 0.1) is 6.34 Å². The molecule has 0 atom stereocenters. The van der Waals surface area contributed by atoms with Gasteiger partial charge in [0, 0.05) is 18.2 Å². The summed E-state index contributed by atoms with van der Waals surface area (Å²) in [5.41, 5.74) is 3.32. The van der Waals surface area contributed by atoms with E-state index in [2.05, 4.69) is 70.4 Å². The van der Waals surface area contributed by atoms with Crippen molar-refractivity contribution in [2.75, 3.05) is 6.54 Å². The van der Waals surface area contributed by atoms with Crippen molar-refractivity contribution in [2.45, 2.75) is 19.8 Å². The van der Waals surface area contributed by atoms with Gasteiger partial charge < -0.3 is 5.32 Å². The molecule has 0 aliphatic carbocycles. The average Bonchev–Trinajstić information content (AvgIpc) is 2.56. The highest BCUT2D eigenvalue weighted by atomic mass is 15.0. The fraction of sp³-hybridized carbons (Fsp3) is 0.200. The third kappa shape index (κ3) is 5.55. The highest BCUT2D eigenvalue weighted by Gasteiger charge is 2.12. The molecule has 0 fully saturated rings. The standard InChI is InChI=1S/C20H23N3/c1-16(2)23-17(3)22-15-21-14-20(18-10-6-4-7-11-18)19-12-8-5-9-13-19/h4-13,15,20H,1,14H2,2-3H3,(H,21,22,23). The highest BCUT2D eigenvalue weighted by Crippen LogP contribution is 2.23. The molecule has 0 aliphatic heterocycles. The molecule has 1 N–H and O–H groups in total. The van der Waals surface area contributed by atoms with Gasteiger partial charge in [-0.2, -0.15) is 0 Å². The zero-order valence-electron chi connectivity index (χ0n) is 13.7. The molecule has 0 aliphatic rings. The van der Waals surface area contributed by atoms with Crippen molar-refractivity contribution in [3.05, 3.63) is 84.1 Å². The molecule has 3 heteroatoms. The molecule has 0 amide bonds. The molecule has 2 aromatic carbocycles. The van der Waals surface area contributed by atoms with Gasteiger partial charge in [-0.15, -0.1) is 0 Å². The molecule has 0 aromatic heterocycles. The third-order valence-corrected chi connectivity index (χ3v) is 3.42. The van der Waals surface area contributed by atoms with E-state index in [4.69, 9.17) is 0 Å². The van der Waals surface area contributed by atoms with Gasteiger partial charge >= 0.3 is 0 Å². The van der Waals surface area contributed by atoms with Crippen LogP contribution in [0.4, 0.5) is 0 Å². The maximum absolute atomic E-state index is 4.28. The second kappa shape index (κ2) is 8.69. The lowest BCUT2D eigenvalue weighted by molar-refractivity contribution is 0.764. The molecule has 0 radical (unpaired) electrons. The maximum atomic E-state index is 4.28. The lowest BCUT2D eigenvalue weighted by Crippen LogP contribution is -2.21. The van der Waals surface area contributed by atoms with E-state index < -0.39 is 0 Å². The first-order chi connectivity index (χ1) is 11.2. The van der Waals surface area contributed by atoms with Gasteiger partial charge in [-0.25, -0.2) is 9.98 Å². The number of rotatable bonds is 6. The van der Waals surface area contributed by atoms with Gasteiger partial charge in [-0.1, -0.05) is 67.2 Å². The molecule has 0 saturated heterocycles. The lowest BCUT2D eigenvalue weighted by atomic mass is 9.91. The molecule has 0 saturated carbocycles. The van der Waals surface area contributed by atoms with Gasteiger partial charge in [0.1, 0.15) is 5.84 Å². The van der Waals surface area contributed by atoms with Crippen molar-refractivity contribution < 1.29 is 0 Å². The van der Waals surface area contributed by atoms with E-state index in [1.165, 1.54) is 11.1 Å². The zero-order chi connectivity index (χ0) is 16.5. The topological polar surface area (TPSA) is 36.8 Å². The molecule has 23 heavy (non-hydrogen) atoms. The van der Waals surface area contributed by atoms with E-state index in [1.54, 1.807) is 6.34 Å².